The van der Waals surface area contributed by atoms with E-state index in [1.807, 2.05) is 7.05 Å². The molecule has 1 N–H and O–H groups in total. The van der Waals surface area contributed by atoms with Gasteiger partial charge in [0.2, 0.25) is 0 Å². The first-order chi connectivity index (χ1) is 8.00. The van der Waals surface area contributed by atoms with E-state index >= 15 is 0 Å². The second-order valence-corrected chi connectivity index (χ2v) is 5.69. The van der Waals surface area contributed by atoms with Gasteiger partial charge in [-0.15, -0.1) is 0 Å². The molecule has 96 valence electrons. The summed E-state index contributed by atoms with van der Waals surface area (Å²) in [6.45, 7) is 10.1. The minimum Gasteiger partial charge on any atom is -0.319 e. The van der Waals surface area contributed by atoms with E-state index < -0.39 is 0 Å². The second-order valence-electron chi connectivity index (χ2n) is 5.69. The Bertz CT molecular complexity index is 349. The van der Waals surface area contributed by atoms with Crippen LogP contribution in [-0.2, 0) is 6.42 Å². The summed E-state index contributed by atoms with van der Waals surface area (Å²) >= 11 is 0. The zero-order chi connectivity index (χ0) is 12.9. The molecule has 0 heterocycles. The number of hydrogen-bond donors (Lipinski definition) is 1. The molecule has 0 aliphatic rings. The molecule has 0 spiro atoms. The van der Waals surface area contributed by atoms with Gasteiger partial charge in [-0.1, -0.05) is 38.5 Å². The van der Waals surface area contributed by atoms with E-state index in [0.717, 1.165) is 6.54 Å². The third-order valence-electron chi connectivity index (χ3n) is 3.66. The fourth-order valence-electron chi connectivity index (χ4n) is 2.68. The maximum Gasteiger partial charge on any atom is 0.000534 e. The van der Waals surface area contributed by atoms with E-state index in [-0.39, 0.29) is 0 Å². The third-order valence-corrected chi connectivity index (χ3v) is 3.66. The molecule has 1 nitrogen and oxygen atoms in total. The number of nitrogens with one attached hydrogen (secondary N) is 1. The Morgan fingerprint density at radius 3 is 2.41 bits per heavy atom. The summed E-state index contributed by atoms with van der Waals surface area (Å²) in [5, 5.41) is 3.34. The summed E-state index contributed by atoms with van der Waals surface area (Å²) in [5.41, 5.74) is 4.65. The molecule has 1 aromatic carbocycles. The molecule has 0 saturated carbocycles. The molecule has 1 unspecified atom stereocenters. The Kier molecular flexibility index (Phi) is 5.20. The number of aryl methyl sites for hydroxylation is 2. The van der Waals surface area contributed by atoms with Crippen LogP contribution in [0.5, 0.6) is 0 Å². The fraction of sp³-hybridized carbons (Fsp3) is 0.625. The molecule has 1 atom stereocenters. The van der Waals surface area contributed by atoms with Crippen LogP contribution >= 0.6 is 0 Å². The second kappa shape index (κ2) is 6.20. The van der Waals surface area contributed by atoms with Crippen LogP contribution in [0.15, 0.2) is 18.2 Å². The average molecular weight is 233 g/mol. The van der Waals surface area contributed by atoms with Crippen molar-refractivity contribution < 1.29 is 0 Å². The van der Waals surface area contributed by atoms with Gasteiger partial charge in [0.15, 0.2) is 0 Å². The lowest BCUT2D eigenvalue weighted by Gasteiger charge is -2.29. The lowest BCUT2D eigenvalue weighted by Crippen LogP contribution is -2.31. The molecule has 0 radical (unpaired) electrons. The van der Waals surface area contributed by atoms with Crippen molar-refractivity contribution >= 4 is 0 Å². The van der Waals surface area contributed by atoms with Gasteiger partial charge in [0.25, 0.3) is 0 Å². The molecule has 0 amide bonds. The molecule has 1 aromatic rings. The molecule has 0 fully saturated rings. The zero-order valence-corrected chi connectivity index (χ0v) is 12.1. The zero-order valence-electron chi connectivity index (χ0n) is 12.1. The summed E-state index contributed by atoms with van der Waals surface area (Å²) < 4.78 is 0. The molecule has 0 aliphatic carbocycles. The van der Waals surface area contributed by atoms with Crippen LogP contribution in [0, 0.1) is 19.3 Å². The van der Waals surface area contributed by atoms with Gasteiger partial charge in [0.05, 0.1) is 0 Å². The fourth-order valence-corrected chi connectivity index (χ4v) is 2.68. The van der Waals surface area contributed by atoms with Gasteiger partial charge in [-0.05, 0) is 55.8 Å². The summed E-state index contributed by atoms with van der Waals surface area (Å²) in [5.74, 6) is 0. The Balaban J connectivity index is 2.81. The van der Waals surface area contributed by atoms with Crippen LogP contribution < -0.4 is 5.32 Å². The first kappa shape index (κ1) is 14.2. The number of benzene rings is 1. The largest absolute Gasteiger partial charge is 0.319 e. The minimum atomic E-state index is 0.380. The summed E-state index contributed by atoms with van der Waals surface area (Å²) in [6, 6.07) is 6.88. The van der Waals surface area contributed by atoms with E-state index in [1.54, 1.807) is 0 Å². The van der Waals surface area contributed by atoms with Crippen molar-refractivity contribution in [2.24, 2.45) is 5.41 Å². The van der Waals surface area contributed by atoms with Crippen molar-refractivity contribution in [1.29, 1.82) is 0 Å². The molecular weight excluding hydrogens is 206 g/mol. The van der Waals surface area contributed by atoms with Gasteiger partial charge < -0.3 is 5.32 Å². The maximum absolute atomic E-state index is 3.34. The van der Waals surface area contributed by atoms with Crippen molar-refractivity contribution in [1.82, 2.24) is 5.32 Å². The minimum absolute atomic E-state index is 0.380. The number of rotatable bonds is 6. The van der Waals surface area contributed by atoms with E-state index in [2.05, 4.69) is 51.2 Å². The molecular formula is C16H27N. The van der Waals surface area contributed by atoms with Crippen molar-refractivity contribution in [2.75, 3.05) is 13.6 Å². The molecule has 0 bridgehead atoms. The lowest BCUT2D eigenvalue weighted by molar-refractivity contribution is 0.283. The molecule has 17 heavy (non-hydrogen) atoms. The topological polar surface area (TPSA) is 12.0 Å². The van der Waals surface area contributed by atoms with Gasteiger partial charge >= 0.3 is 0 Å². The summed E-state index contributed by atoms with van der Waals surface area (Å²) in [4.78, 5) is 0. The molecule has 0 saturated heterocycles. The molecule has 1 rings (SSSR count). The average Bonchev–Trinajstić information content (AvgIpc) is 2.24. The monoisotopic (exact) mass is 233 g/mol. The van der Waals surface area contributed by atoms with Crippen molar-refractivity contribution in [3.63, 3.8) is 0 Å². The molecule has 0 aliphatic heterocycles. The Labute approximate surface area is 107 Å². The van der Waals surface area contributed by atoms with Gasteiger partial charge in [0, 0.05) is 6.54 Å². The first-order valence-electron chi connectivity index (χ1n) is 6.71. The van der Waals surface area contributed by atoms with Crippen LogP contribution in [0.4, 0.5) is 0 Å². The van der Waals surface area contributed by atoms with Crippen LogP contribution in [0.1, 0.15) is 43.4 Å². The third kappa shape index (κ3) is 4.16. The normalized spacial score (nSPS) is 14.6. The smallest absolute Gasteiger partial charge is 0.000534 e. The van der Waals surface area contributed by atoms with E-state index in [0.29, 0.717) is 5.41 Å². The number of hydrogen-bond acceptors (Lipinski definition) is 1. The summed E-state index contributed by atoms with van der Waals surface area (Å²) in [6.07, 6.45) is 3.70. The van der Waals surface area contributed by atoms with E-state index in [1.165, 1.54) is 36.0 Å². The standard InChI is InChI=1S/C16H27N/c1-6-9-16(4,12-17-5)11-15-8-7-13(2)14(3)10-15/h7-8,10,17H,6,9,11-12H2,1-5H3. The Morgan fingerprint density at radius 1 is 1.18 bits per heavy atom. The van der Waals surface area contributed by atoms with E-state index in [4.69, 9.17) is 0 Å². The highest BCUT2D eigenvalue weighted by molar-refractivity contribution is 5.30. The van der Waals surface area contributed by atoms with Gasteiger partial charge in [-0.3, -0.25) is 0 Å². The predicted octanol–water partition coefficient (Wildman–Crippen LogP) is 3.87. The first-order valence-corrected chi connectivity index (χ1v) is 6.71. The predicted molar refractivity (Wildman–Crippen MR) is 76.6 cm³/mol. The van der Waals surface area contributed by atoms with Crippen molar-refractivity contribution in [3.05, 3.63) is 34.9 Å². The molecule has 1 heteroatoms. The van der Waals surface area contributed by atoms with Crippen molar-refractivity contribution in [3.8, 4) is 0 Å². The maximum atomic E-state index is 3.34. The summed E-state index contributed by atoms with van der Waals surface area (Å²) in [7, 11) is 2.05. The quantitative estimate of drug-likeness (QED) is 0.786. The van der Waals surface area contributed by atoms with Gasteiger partial charge in [0.1, 0.15) is 0 Å². The highest BCUT2D eigenvalue weighted by atomic mass is 14.8. The Morgan fingerprint density at radius 2 is 1.88 bits per heavy atom. The SMILES string of the molecule is CCCC(C)(CNC)Cc1ccc(C)c(C)c1. The van der Waals surface area contributed by atoms with Crippen molar-refractivity contribution in [2.45, 2.75) is 47.0 Å². The molecule has 0 aromatic heterocycles. The van der Waals surface area contributed by atoms with Crippen LogP contribution in [0.25, 0.3) is 0 Å². The highest BCUT2D eigenvalue weighted by Crippen LogP contribution is 2.28. The van der Waals surface area contributed by atoms with Crippen LogP contribution in [-0.4, -0.2) is 13.6 Å². The highest BCUT2D eigenvalue weighted by Gasteiger charge is 2.22. The van der Waals surface area contributed by atoms with Gasteiger partial charge in [-0.25, -0.2) is 0 Å². The van der Waals surface area contributed by atoms with Crippen LogP contribution in [0.3, 0.4) is 0 Å². The van der Waals surface area contributed by atoms with Gasteiger partial charge in [-0.2, -0.15) is 0 Å². The Hall–Kier alpha value is -0.820. The lowest BCUT2D eigenvalue weighted by atomic mass is 9.79. The van der Waals surface area contributed by atoms with E-state index in [9.17, 15) is 0 Å². The van der Waals surface area contributed by atoms with Crippen LogP contribution in [0.2, 0.25) is 0 Å².